The molecule has 0 unspecified atom stereocenters. The Morgan fingerprint density at radius 1 is 1.41 bits per heavy atom. The van der Waals surface area contributed by atoms with Crippen LogP contribution in [0.1, 0.15) is 46.8 Å². The first-order valence-corrected chi connectivity index (χ1v) is 6.09. The second-order valence-electron chi connectivity index (χ2n) is 4.39. The van der Waals surface area contributed by atoms with Crippen molar-refractivity contribution >= 4 is 6.29 Å². The highest BCUT2D eigenvalue weighted by molar-refractivity contribution is 5.81. The fourth-order valence-corrected chi connectivity index (χ4v) is 1.91. The van der Waals surface area contributed by atoms with Crippen LogP contribution in [-0.2, 0) is 6.54 Å². The number of aryl methyl sites for hydroxylation is 1. The van der Waals surface area contributed by atoms with Crippen molar-refractivity contribution in [1.82, 2.24) is 5.32 Å². The van der Waals surface area contributed by atoms with Crippen LogP contribution in [0.4, 0.5) is 0 Å². The van der Waals surface area contributed by atoms with Gasteiger partial charge in [-0.2, -0.15) is 0 Å². The number of aldehydes is 1. The Kier molecular flexibility index (Phi) is 5.16. The molecule has 1 aromatic carbocycles. The highest BCUT2D eigenvalue weighted by Gasteiger charge is 2.11. The highest BCUT2D eigenvalue weighted by Crippen LogP contribution is 2.27. The molecule has 1 rings (SSSR count). The van der Waals surface area contributed by atoms with Gasteiger partial charge in [-0.25, -0.2) is 0 Å². The van der Waals surface area contributed by atoms with Crippen molar-refractivity contribution in [2.75, 3.05) is 6.54 Å². The Labute approximate surface area is 103 Å². The average Bonchev–Trinajstić information content (AvgIpc) is 2.31. The van der Waals surface area contributed by atoms with Gasteiger partial charge in [-0.3, -0.25) is 4.79 Å². The number of hydrogen-bond donors (Lipinski definition) is 2. The molecule has 0 saturated carbocycles. The molecule has 3 heteroatoms. The molecule has 0 heterocycles. The first kappa shape index (κ1) is 13.7. The van der Waals surface area contributed by atoms with E-state index in [1.165, 1.54) is 0 Å². The first-order valence-electron chi connectivity index (χ1n) is 6.09. The van der Waals surface area contributed by atoms with Crippen molar-refractivity contribution in [2.45, 2.75) is 40.2 Å². The van der Waals surface area contributed by atoms with E-state index in [-0.39, 0.29) is 5.75 Å². The quantitative estimate of drug-likeness (QED) is 0.589. The molecule has 0 fully saturated rings. The maximum Gasteiger partial charge on any atom is 0.150 e. The van der Waals surface area contributed by atoms with Crippen LogP contribution in [-0.4, -0.2) is 17.9 Å². The van der Waals surface area contributed by atoms with Crippen molar-refractivity contribution in [3.05, 3.63) is 28.3 Å². The Bertz CT molecular complexity index is 400. The van der Waals surface area contributed by atoms with Crippen LogP contribution in [0.15, 0.2) is 6.07 Å². The number of carbonyl (C=O) groups excluding carboxylic acids is 1. The lowest BCUT2D eigenvalue weighted by atomic mass is 9.98. The molecule has 0 atom stereocenters. The Hall–Kier alpha value is -1.35. The van der Waals surface area contributed by atoms with Gasteiger partial charge in [0.05, 0.1) is 0 Å². The number of aromatic hydroxyl groups is 1. The summed E-state index contributed by atoms with van der Waals surface area (Å²) in [6.45, 7) is 7.41. The van der Waals surface area contributed by atoms with Crippen molar-refractivity contribution < 1.29 is 9.90 Å². The van der Waals surface area contributed by atoms with Gasteiger partial charge >= 0.3 is 0 Å². The third-order valence-electron chi connectivity index (χ3n) is 3.02. The van der Waals surface area contributed by atoms with Crippen LogP contribution >= 0.6 is 0 Å². The molecule has 0 aromatic heterocycles. The molecule has 0 aliphatic heterocycles. The Morgan fingerprint density at radius 2 is 2.12 bits per heavy atom. The molecule has 0 radical (unpaired) electrons. The molecule has 3 nitrogen and oxygen atoms in total. The van der Waals surface area contributed by atoms with Gasteiger partial charge in [-0.05, 0) is 32.4 Å². The van der Waals surface area contributed by atoms with Gasteiger partial charge in [-0.1, -0.05) is 19.4 Å². The second-order valence-corrected chi connectivity index (χ2v) is 4.39. The molecule has 17 heavy (non-hydrogen) atoms. The lowest BCUT2D eigenvalue weighted by Gasteiger charge is -2.12. The Balaban J connectivity index is 2.83. The number of nitrogens with one attached hydrogen (secondary N) is 1. The maximum absolute atomic E-state index is 10.9. The molecule has 0 aliphatic rings. The summed E-state index contributed by atoms with van der Waals surface area (Å²) < 4.78 is 0. The lowest BCUT2D eigenvalue weighted by molar-refractivity contribution is 0.112. The SMILES string of the molecule is CCCCNCc1cc(C)c(C=O)c(C)c1O. The molecule has 94 valence electrons. The largest absolute Gasteiger partial charge is 0.507 e. The van der Waals surface area contributed by atoms with Crippen LogP contribution in [0.3, 0.4) is 0 Å². The van der Waals surface area contributed by atoms with E-state index in [4.69, 9.17) is 0 Å². The maximum atomic E-state index is 10.9. The van der Waals surface area contributed by atoms with E-state index in [2.05, 4.69) is 12.2 Å². The van der Waals surface area contributed by atoms with E-state index in [9.17, 15) is 9.90 Å². The van der Waals surface area contributed by atoms with E-state index in [0.717, 1.165) is 36.8 Å². The number of hydrogen-bond acceptors (Lipinski definition) is 3. The summed E-state index contributed by atoms with van der Waals surface area (Å²) in [5.74, 6) is 0.238. The number of phenolic OH excluding ortho intramolecular Hbond substituents is 1. The van der Waals surface area contributed by atoms with Gasteiger partial charge in [0.2, 0.25) is 0 Å². The third kappa shape index (κ3) is 3.30. The van der Waals surface area contributed by atoms with Crippen LogP contribution in [0.5, 0.6) is 5.75 Å². The van der Waals surface area contributed by atoms with Crippen molar-refractivity contribution in [2.24, 2.45) is 0 Å². The summed E-state index contributed by atoms with van der Waals surface area (Å²) in [5.41, 5.74) is 3.05. The van der Waals surface area contributed by atoms with Gasteiger partial charge in [0, 0.05) is 23.2 Å². The smallest absolute Gasteiger partial charge is 0.150 e. The zero-order valence-corrected chi connectivity index (χ0v) is 10.8. The van der Waals surface area contributed by atoms with Gasteiger partial charge in [0.15, 0.2) is 6.29 Å². The highest BCUT2D eigenvalue weighted by atomic mass is 16.3. The molecule has 0 spiro atoms. The molecule has 0 aliphatic carbocycles. The fourth-order valence-electron chi connectivity index (χ4n) is 1.91. The molecule has 0 amide bonds. The predicted molar refractivity (Wildman–Crippen MR) is 69.6 cm³/mol. The van der Waals surface area contributed by atoms with E-state index < -0.39 is 0 Å². The number of phenols is 1. The van der Waals surface area contributed by atoms with Gasteiger partial charge in [-0.15, -0.1) is 0 Å². The van der Waals surface area contributed by atoms with Crippen LogP contribution in [0.25, 0.3) is 0 Å². The van der Waals surface area contributed by atoms with Crippen LogP contribution in [0, 0.1) is 13.8 Å². The number of rotatable bonds is 6. The topological polar surface area (TPSA) is 49.3 Å². The minimum atomic E-state index is 0.238. The van der Waals surface area contributed by atoms with Crippen LogP contribution in [0.2, 0.25) is 0 Å². The van der Waals surface area contributed by atoms with E-state index in [1.807, 2.05) is 13.0 Å². The second kappa shape index (κ2) is 6.40. The van der Waals surface area contributed by atoms with Crippen molar-refractivity contribution in [1.29, 1.82) is 0 Å². The summed E-state index contributed by atoms with van der Waals surface area (Å²) in [4.78, 5) is 10.9. The zero-order valence-electron chi connectivity index (χ0n) is 10.8. The lowest BCUT2D eigenvalue weighted by Crippen LogP contribution is -2.15. The van der Waals surface area contributed by atoms with E-state index in [0.29, 0.717) is 17.7 Å². The number of carbonyl (C=O) groups is 1. The fraction of sp³-hybridized carbons (Fsp3) is 0.500. The summed E-state index contributed by atoms with van der Waals surface area (Å²) in [7, 11) is 0. The van der Waals surface area contributed by atoms with Gasteiger partial charge in [0.25, 0.3) is 0 Å². The van der Waals surface area contributed by atoms with Crippen molar-refractivity contribution in [3.8, 4) is 5.75 Å². The summed E-state index contributed by atoms with van der Waals surface area (Å²) in [6.07, 6.45) is 3.09. The predicted octanol–water partition coefficient (Wildman–Crippen LogP) is 2.71. The normalized spacial score (nSPS) is 10.5. The van der Waals surface area contributed by atoms with Gasteiger partial charge in [0.1, 0.15) is 5.75 Å². The summed E-state index contributed by atoms with van der Waals surface area (Å²) >= 11 is 0. The summed E-state index contributed by atoms with van der Waals surface area (Å²) in [6, 6.07) is 1.88. The van der Waals surface area contributed by atoms with Gasteiger partial charge < -0.3 is 10.4 Å². The molecule has 1 aromatic rings. The van der Waals surface area contributed by atoms with E-state index in [1.54, 1.807) is 6.92 Å². The average molecular weight is 235 g/mol. The standard InChI is InChI=1S/C14H21NO2/c1-4-5-6-15-8-12-7-10(2)13(9-16)11(3)14(12)17/h7,9,15,17H,4-6,8H2,1-3H3. The van der Waals surface area contributed by atoms with E-state index >= 15 is 0 Å². The molecular weight excluding hydrogens is 214 g/mol. The molecule has 0 bridgehead atoms. The number of unbranched alkanes of at least 4 members (excludes halogenated alkanes) is 1. The summed E-state index contributed by atoms with van der Waals surface area (Å²) in [5, 5.41) is 13.3. The van der Waals surface area contributed by atoms with Crippen molar-refractivity contribution in [3.63, 3.8) is 0 Å². The monoisotopic (exact) mass is 235 g/mol. The number of benzene rings is 1. The first-order chi connectivity index (χ1) is 8.11. The third-order valence-corrected chi connectivity index (χ3v) is 3.02. The molecule has 2 N–H and O–H groups in total. The minimum absolute atomic E-state index is 0.238. The zero-order chi connectivity index (χ0) is 12.8. The molecular formula is C14H21NO2. The minimum Gasteiger partial charge on any atom is -0.507 e. The van der Waals surface area contributed by atoms with Crippen LogP contribution < -0.4 is 5.32 Å². The Morgan fingerprint density at radius 3 is 2.71 bits per heavy atom. The molecule has 0 saturated heterocycles.